The third kappa shape index (κ3) is 2.44. The van der Waals surface area contributed by atoms with Crippen molar-refractivity contribution >= 4 is 5.82 Å². The standard InChI is InChI=1S/C14H21N3/c1-17(13-5-2-6-13)14-11(4-3-9-15-14)10-16-12-7-8-12/h3-4,9,12-13,16H,2,5-8,10H2,1H3. The van der Waals surface area contributed by atoms with Crippen molar-refractivity contribution in [1.82, 2.24) is 10.3 Å². The molecule has 2 fully saturated rings. The van der Waals surface area contributed by atoms with E-state index >= 15 is 0 Å². The molecule has 92 valence electrons. The van der Waals surface area contributed by atoms with Crippen LogP contribution in [0, 0.1) is 0 Å². The van der Waals surface area contributed by atoms with Crippen LogP contribution in [0.25, 0.3) is 0 Å². The Morgan fingerprint density at radius 1 is 1.35 bits per heavy atom. The molecule has 1 aromatic rings. The molecule has 3 heteroatoms. The Balaban J connectivity index is 1.71. The highest BCUT2D eigenvalue weighted by Gasteiger charge is 2.25. The normalized spacial score (nSPS) is 20.1. The number of rotatable bonds is 5. The highest BCUT2D eigenvalue weighted by molar-refractivity contribution is 5.47. The summed E-state index contributed by atoms with van der Waals surface area (Å²) in [7, 11) is 2.19. The smallest absolute Gasteiger partial charge is 0.132 e. The number of pyridine rings is 1. The van der Waals surface area contributed by atoms with Gasteiger partial charge in [-0.25, -0.2) is 4.98 Å². The van der Waals surface area contributed by atoms with E-state index in [0.717, 1.165) is 12.6 Å². The van der Waals surface area contributed by atoms with Gasteiger partial charge in [-0.15, -0.1) is 0 Å². The van der Waals surface area contributed by atoms with E-state index in [9.17, 15) is 0 Å². The first-order valence-corrected chi connectivity index (χ1v) is 6.74. The van der Waals surface area contributed by atoms with Crippen molar-refractivity contribution in [2.24, 2.45) is 0 Å². The quantitative estimate of drug-likeness (QED) is 0.843. The summed E-state index contributed by atoms with van der Waals surface area (Å²) < 4.78 is 0. The molecule has 3 nitrogen and oxygen atoms in total. The van der Waals surface area contributed by atoms with E-state index < -0.39 is 0 Å². The van der Waals surface area contributed by atoms with Crippen LogP contribution < -0.4 is 10.2 Å². The number of anilines is 1. The Hall–Kier alpha value is -1.09. The molecular weight excluding hydrogens is 210 g/mol. The fraction of sp³-hybridized carbons (Fsp3) is 0.643. The largest absolute Gasteiger partial charge is 0.356 e. The molecular formula is C14H21N3. The van der Waals surface area contributed by atoms with Gasteiger partial charge in [-0.05, 0) is 38.2 Å². The van der Waals surface area contributed by atoms with Gasteiger partial charge in [-0.2, -0.15) is 0 Å². The second-order valence-corrected chi connectivity index (χ2v) is 5.34. The molecule has 0 unspecified atom stereocenters. The van der Waals surface area contributed by atoms with Crippen molar-refractivity contribution in [2.75, 3.05) is 11.9 Å². The van der Waals surface area contributed by atoms with Crippen LogP contribution in [0.2, 0.25) is 0 Å². The SMILES string of the molecule is CN(c1ncccc1CNC1CC1)C1CCC1. The molecule has 0 amide bonds. The van der Waals surface area contributed by atoms with Gasteiger partial charge < -0.3 is 10.2 Å². The van der Waals surface area contributed by atoms with E-state index in [4.69, 9.17) is 0 Å². The molecule has 0 aromatic carbocycles. The van der Waals surface area contributed by atoms with Crippen molar-refractivity contribution in [3.63, 3.8) is 0 Å². The Bertz CT molecular complexity index is 383. The van der Waals surface area contributed by atoms with Gasteiger partial charge in [-0.1, -0.05) is 6.07 Å². The minimum atomic E-state index is 0.713. The molecule has 3 rings (SSSR count). The molecule has 0 bridgehead atoms. The first-order chi connectivity index (χ1) is 8.34. The molecule has 0 aliphatic heterocycles. The van der Waals surface area contributed by atoms with Crippen LogP contribution in [0.5, 0.6) is 0 Å². The van der Waals surface area contributed by atoms with Crippen LogP contribution in [0.3, 0.4) is 0 Å². The predicted octanol–water partition coefficient (Wildman–Crippen LogP) is 2.32. The van der Waals surface area contributed by atoms with Gasteiger partial charge in [0.25, 0.3) is 0 Å². The maximum Gasteiger partial charge on any atom is 0.132 e. The van der Waals surface area contributed by atoms with Gasteiger partial charge in [0, 0.05) is 37.4 Å². The van der Waals surface area contributed by atoms with E-state index in [0.29, 0.717) is 6.04 Å². The minimum Gasteiger partial charge on any atom is -0.356 e. The lowest BCUT2D eigenvalue weighted by molar-refractivity contribution is 0.398. The Kier molecular flexibility index (Phi) is 3.02. The molecule has 0 radical (unpaired) electrons. The number of nitrogens with one attached hydrogen (secondary N) is 1. The van der Waals surface area contributed by atoms with Crippen molar-refractivity contribution < 1.29 is 0 Å². The third-order valence-corrected chi connectivity index (χ3v) is 3.98. The Morgan fingerprint density at radius 3 is 2.82 bits per heavy atom. The van der Waals surface area contributed by atoms with E-state index in [2.05, 4.69) is 28.3 Å². The average Bonchev–Trinajstić information content (AvgIpc) is 3.08. The van der Waals surface area contributed by atoms with Crippen LogP contribution in [0.15, 0.2) is 18.3 Å². The molecule has 17 heavy (non-hydrogen) atoms. The summed E-state index contributed by atoms with van der Waals surface area (Å²) in [4.78, 5) is 6.93. The summed E-state index contributed by atoms with van der Waals surface area (Å²) in [6.07, 6.45) is 8.61. The van der Waals surface area contributed by atoms with Gasteiger partial charge in [0.1, 0.15) is 5.82 Å². The van der Waals surface area contributed by atoms with E-state index in [1.807, 2.05) is 12.3 Å². The summed E-state index contributed by atoms with van der Waals surface area (Å²) in [5.74, 6) is 1.17. The summed E-state index contributed by atoms with van der Waals surface area (Å²) in [5.41, 5.74) is 1.34. The maximum atomic E-state index is 4.57. The van der Waals surface area contributed by atoms with Gasteiger partial charge in [0.15, 0.2) is 0 Å². The van der Waals surface area contributed by atoms with E-state index in [1.165, 1.54) is 43.5 Å². The monoisotopic (exact) mass is 231 g/mol. The first-order valence-electron chi connectivity index (χ1n) is 6.74. The van der Waals surface area contributed by atoms with Crippen LogP contribution in [0.4, 0.5) is 5.82 Å². The van der Waals surface area contributed by atoms with Crippen LogP contribution in [0.1, 0.15) is 37.7 Å². The summed E-state index contributed by atoms with van der Waals surface area (Å²) >= 11 is 0. The number of hydrogen-bond acceptors (Lipinski definition) is 3. The maximum absolute atomic E-state index is 4.57. The molecule has 2 saturated carbocycles. The second kappa shape index (κ2) is 4.65. The molecule has 0 atom stereocenters. The van der Waals surface area contributed by atoms with Crippen LogP contribution in [-0.2, 0) is 6.54 Å². The molecule has 1 aromatic heterocycles. The lowest BCUT2D eigenvalue weighted by atomic mass is 9.91. The van der Waals surface area contributed by atoms with E-state index in [1.54, 1.807) is 0 Å². The topological polar surface area (TPSA) is 28.2 Å². The van der Waals surface area contributed by atoms with E-state index in [-0.39, 0.29) is 0 Å². The summed E-state index contributed by atoms with van der Waals surface area (Å²) in [6, 6.07) is 5.72. The summed E-state index contributed by atoms with van der Waals surface area (Å²) in [5, 5.41) is 3.58. The molecule has 1 N–H and O–H groups in total. The van der Waals surface area contributed by atoms with Gasteiger partial charge in [-0.3, -0.25) is 0 Å². The lowest BCUT2D eigenvalue weighted by Crippen LogP contribution is -2.38. The fourth-order valence-corrected chi connectivity index (χ4v) is 2.37. The highest BCUT2D eigenvalue weighted by atomic mass is 15.2. The molecule has 1 heterocycles. The first kappa shape index (κ1) is 11.0. The predicted molar refractivity (Wildman–Crippen MR) is 70.1 cm³/mol. The zero-order chi connectivity index (χ0) is 11.7. The summed E-state index contributed by atoms with van der Waals surface area (Å²) in [6.45, 7) is 0.963. The number of aromatic nitrogens is 1. The second-order valence-electron chi connectivity index (χ2n) is 5.34. The molecule has 0 spiro atoms. The number of nitrogens with zero attached hydrogens (tertiary/aromatic N) is 2. The van der Waals surface area contributed by atoms with Crippen molar-refractivity contribution in [3.8, 4) is 0 Å². The Morgan fingerprint density at radius 2 is 2.18 bits per heavy atom. The van der Waals surface area contributed by atoms with Crippen molar-refractivity contribution in [2.45, 2.75) is 50.7 Å². The highest BCUT2D eigenvalue weighted by Crippen LogP contribution is 2.29. The average molecular weight is 231 g/mol. The van der Waals surface area contributed by atoms with Gasteiger partial charge >= 0.3 is 0 Å². The van der Waals surface area contributed by atoms with Crippen LogP contribution in [-0.4, -0.2) is 24.1 Å². The zero-order valence-electron chi connectivity index (χ0n) is 10.5. The molecule has 2 aliphatic carbocycles. The third-order valence-electron chi connectivity index (χ3n) is 3.98. The zero-order valence-corrected chi connectivity index (χ0v) is 10.5. The molecule has 0 saturated heterocycles. The fourth-order valence-electron chi connectivity index (χ4n) is 2.37. The van der Waals surface area contributed by atoms with Crippen molar-refractivity contribution in [3.05, 3.63) is 23.9 Å². The molecule has 2 aliphatic rings. The van der Waals surface area contributed by atoms with Crippen LogP contribution >= 0.6 is 0 Å². The minimum absolute atomic E-state index is 0.713. The number of hydrogen-bond donors (Lipinski definition) is 1. The van der Waals surface area contributed by atoms with Crippen molar-refractivity contribution in [1.29, 1.82) is 0 Å². The van der Waals surface area contributed by atoms with Gasteiger partial charge in [0.2, 0.25) is 0 Å². The Labute approximate surface area is 103 Å². The lowest BCUT2D eigenvalue weighted by Gasteiger charge is -2.36. The van der Waals surface area contributed by atoms with Gasteiger partial charge in [0.05, 0.1) is 0 Å².